The molecule has 0 saturated carbocycles. The number of hydrogen-bond donors (Lipinski definition) is 3. The summed E-state index contributed by atoms with van der Waals surface area (Å²) in [6, 6.07) is -0.445. The van der Waals surface area contributed by atoms with Gasteiger partial charge in [0.15, 0.2) is 8.32 Å². The molecule has 0 saturated heterocycles. The Morgan fingerprint density at radius 1 is 1.22 bits per heavy atom. The smallest absolute Gasteiger partial charge is 0.404 e. The Kier molecular flexibility index (Phi) is 8.22. The summed E-state index contributed by atoms with van der Waals surface area (Å²) in [6.45, 7) is 17.0. The van der Waals surface area contributed by atoms with Crippen LogP contribution >= 0.6 is 0 Å². The molecule has 0 fully saturated rings. The van der Waals surface area contributed by atoms with Crippen molar-refractivity contribution in [2.24, 2.45) is 0 Å². The van der Waals surface area contributed by atoms with Gasteiger partial charge in [0, 0.05) is 0 Å². The SMILES string of the molecule is CC(C)(C)[Si](C)(C)O[C@H](CO)[C@H](CC=C[Si](C)(C)C)NC(=O)O. The van der Waals surface area contributed by atoms with E-state index in [1.807, 2.05) is 6.08 Å². The molecule has 0 aliphatic carbocycles. The number of amides is 1. The quantitative estimate of drug-likeness (QED) is 0.574. The first-order chi connectivity index (χ1) is 10.2. The first kappa shape index (κ1) is 22.4. The zero-order valence-electron chi connectivity index (χ0n) is 15.9. The average molecular weight is 362 g/mol. The lowest BCUT2D eigenvalue weighted by Gasteiger charge is -2.40. The van der Waals surface area contributed by atoms with E-state index in [9.17, 15) is 9.90 Å². The highest BCUT2D eigenvalue weighted by Gasteiger charge is 2.40. The predicted octanol–water partition coefficient (Wildman–Crippen LogP) is 3.83. The maximum atomic E-state index is 11.1. The van der Waals surface area contributed by atoms with Crippen molar-refractivity contribution >= 4 is 22.5 Å². The monoisotopic (exact) mass is 361 g/mol. The van der Waals surface area contributed by atoms with Gasteiger partial charge in [-0.3, -0.25) is 0 Å². The molecule has 2 atom stereocenters. The van der Waals surface area contributed by atoms with Crippen LogP contribution in [0.1, 0.15) is 27.2 Å². The predicted molar refractivity (Wildman–Crippen MR) is 101 cm³/mol. The number of carbonyl (C=O) groups is 1. The fraction of sp³-hybridized carbons (Fsp3) is 0.812. The van der Waals surface area contributed by atoms with Gasteiger partial charge in [-0.25, -0.2) is 4.79 Å². The fourth-order valence-corrected chi connectivity index (χ4v) is 4.02. The molecule has 0 rings (SSSR count). The van der Waals surface area contributed by atoms with Gasteiger partial charge < -0.3 is 20.0 Å². The Bertz CT molecular complexity index is 411. The van der Waals surface area contributed by atoms with Crippen molar-refractivity contribution in [1.82, 2.24) is 5.32 Å². The number of aliphatic hydroxyl groups excluding tert-OH is 1. The van der Waals surface area contributed by atoms with E-state index in [1.165, 1.54) is 0 Å². The maximum Gasteiger partial charge on any atom is 0.404 e. The minimum Gasteiger partial charge on any atom is -0.465 e. The minimum atomic E-state index is -2.09. The van der Waals surface area contributed by atoms with Gasteiger partial charge in [0.05, 0.1) is 26.8 Å². The molecule has 5 nitrogen and oxygen atoms in total. The molecule has 0 aromatic heterocycles. The van der Waals surface area contributed by atoms with Crippen LogP contribution in [0, 0.1) is 0 Å². The molecule has 0 unspecified atom stereocenters. The van der Waals surface area contributed by atoms with E-state index in [1.54, 1.807) is 0 Å². The van der Waals surface area contributed by atoms with Gasteiger partial charge in [0.25, 0.3) is 0 Å². The Labute approximate surface area is 143 Å². The minimum absolute atomic E-state index is 0.00234. The van der Waals surface area contributed by atoms with E-state index < -0.39 is 34.6 Å². The van der Waals surface area contributed by atoms with Gasteiger partial charge in [-0.1, -0.05) is 52.2 Å². The van der Waals surface area contributed by atoms with Crippen LogP contribution in [0.5, 0.6) is 0 Å². The van der Waals surface area contributed by atoms with Crippen LogP contribution in [0.25, 0.3) is 0 Å². The first-order valence-corrected chi connectivity index (χ1v) is 14.6. The summed E-state index contributed by atoms with van der Waals surface area (Å²) < 4.78 is 6.24. The van der Waals surface area contributed by atoms with Crippen molar-refractivity contribution in [3.63, 3.8) is 0 Å². The second kappa shape index (κ2) is 8.46. The number of aliphatic hydroxyl groups is 1. The van der Waals surface area contributed by atoms with E-state index in [0.29, 0.717) is 6.42 Å². The molecule has 3 N–H and O–H groups in total. The summed E-state index contributed by atoms with van der Waals surface area (Å²) in [7, 11) is -3.42. The number of hydrogen-bond acceptors (Lipinski definition) is 3. The number of nitrogens with one attached hydrogen (secondary N) is 1. The average Bonchev–Trinajstić information content (AvgIpc) is 2.31. The third kappa shape index (κ3) is 8.69. The molecule has 0 aromatic carbocycles. The zero-order chi connectivity index (χ0) is 18.5. The highest BCUT2D eigenvalue weighted by molar-refractivity contribution is 6.80. The molecule has 0 heterocycles. The Morgan fingerprint density at radius 2 is 1.74 bits per heavy atom. The van der Waals surface area contributed by atoms with Crippen molar-refractivity contribution in [3.8, 4) is 0 Å². The van der Waals surface area contributed by atoms with Crippen molar-refractivity contribution in [1.29, 1.82) is 0 Å². The van der Waals surface area contributed by atoms with Crippen LogP contribution in [-0.2, 0) is 4.43 Å². The Morgan fingerprint density at radius 3 is 2.09 bits per heavy atom. The van der Waals surface area contributed by atoms with Crippen molar-refractivity contribution in [2.75, 3.05) is 6.61 Å². The van der Waals surface area contributed by atoms with Crippen LogP contribution in [0.15, 0.2) is 11.8 Å². The zero-order valence-corrected chi connectivity index (χ0v) is 17.9. The first-order valence-electron chi connectivity index (χ1n) is 8.15. The number of carboxylic acid groups (broad SMARTS) is 1. The molecule has 23 heavy (non-hydrogen) atoms. The normalized spacial score (nSPS) is 16.4. The summed E-state index contributed by atoms with van der Waals surface area (Å²) in [5, 5.41) is 21.4. The molecule has 0 bridgehead atoms. The van der Waals surface area contributed by atoms with Gasteiger partial charge in [0.2, 0.25) is 0 Å². The lowest BCUT2D eigenvalue weighted by Crippen LogP contribution is -2.52. The van der Waals surface area contributed by atoms with Gasteiger partial charge in [-0.05, 0) is 24.6 Å². The lowest BCUT2D eigenvalue weighted by atomic mass is 10.1. The third-order valence-corrected chi connectivity index (χ3v) is 9.94. The Hall–Kier alpha value is -0.636. The van der Waals surface area contributed by atoms with E-state index in [4.69, 9.17) is 9.53 Å². The van der Waals surface area contributed by atoms with Crippen molar-refractivity contribution in [3.05, 3.63) is 11.8 Å². The molecule has 0 aliphatic heterocycles. The van der Waals surface area contributed by atoms with Crippen LogP contribution < -0.4 is 5.32 Å². The van der Waals surface area contributed by atoms with Crippen LogP contribution in [0.2, 0.25) is 37.8 Å². The van der Waals surface area contributed by atoms with Gasteiger partial charge >= 0.3 is 6.09 Å². The van der Waals surface area contributed by atoms with E-state index in [2.05, 4.69) is 64.5 Å². The van der Waals surface area contributed by atoms with E-state index in [-0.39, 0.29) is 11.6 Å². The maximum absolute atomic E-state index is 11.1. The van der Waals surface area contributed by atoms with E-state index >= 15 is 0 Å². The highest BCUT2D eigenvalue weighted by atomic mass is 28.4. The standard InChI is InChI=1S/C16H35NO4Si2/c1-16(2,3)23(7,8)21-14(12-18)13(17-15(19)20)10-9-11-22(4,5)6/h9,11,13-14,17-18H,10,12H2,1-8H3,(H,19,20)/t13-,14+/m0/s1. The highest BCUT2D eigenvalue weighted by Crippen LogP contribution is 2.37. The van der Waals surface area contributed by atoms with Crippen LogP contribution in [0.3, 0.4) is 0 Å². The van der Waals surface area contributed by atoms with Gasteiger partial charge in [-0.2, -0.15) is 0 Å². The fourth-order valence-electron chi connectivity index (χ4n) is 1.83. The molecule has 1 amide bonds. The van der Waals surface area contributed by atoms with Crippen LogP contribution in [0.4, 0.5) is 4.79 Å². The van der Waals surface area contributed by atoms with Gasteiger partial charge in [0.1, 0.15) is 0 Å². The largest absolute Gasteiger partial charge is 0.465 e. The lowest BCUT2D eigenvalue weighted by molar-refractivity contribution is 0.0709. The molecule has 7 heteroatoms. The molecule has 136 valence electrons. The van der Waals surface area contributed by atoms with Crippen molar-refractivity contribution in [2.45, 2.75) is 77.1 Å². The van der Waals surface area contributed by atoms with Crippen LogP contribution in [-0.4, -0.2) is 51.5 Å². The van der Waals surface area contributed by atoms with Crippen molar-refractivity contribution < 1.29 is 19.4 Å². The Balaban J connectivity index is 5.17. The summed E-state index contributed by atoms with van der Waals surface area (Å²) in [4.78, 5) is 11.1. The molecular weight excluding hydrogens is 326 g/mol. The molecule has 0 aliphatic rings. The van der Waals surface area contributed by atoms with E-state index in [0.717, 1.165) is 0 Å². The second-order valence-corrected chi connectivity index (χ2v) is 18.5. The molecule has 0 radical (unpaired) electrons. The van der Waals surface area contributed by atoms with Gasteiger partial charge in [-0.15, -0.1) is 0 Å². The summed E-state index contributed by atoms with van der Waals surface area (Å²) in [5.41, 5.74) is 2.18. The third-order valence-electron chi connectivity index (χ3n) is 4.20. The molecular formula is C16H35NO4Si2. The number of rotatable bonds is 8. The molecule has 0 spiro atoms. The second-order valence-electron chi connectivity index (χ2n) is 8.66. The molecule has 0 aromatic rings. The summed E-state index contributed by atoms with van der Waals surface area (Å²) in [6.07, 6.45) is 0.924. The summed E-state index contributed by atoms with van der Waals surface area (Å²) in [5.74, 6) is 0. The summed E-state index contributed by atoms with van der Waals surface area (Å²) >= 11 is 0. The topological polar surface area (TPSA) is 78.8 Å².